The number of hydrogen-bond donors (Lipinski definition) is 5. The first-order valence-corrected chi connectivity index (χ1v) is 12.4. The van der Waals surface area contributed by atoms with E-state index in [0.29, 0.717) is 0 Å². The molecule has 0 aliphatic heterocycles. The summed E-state index contributed by atoms with van der Waals surface area (Å²) in [6.07, 6.45) is 16.0. The molecule has 0 aromatic carbocycles. The lowest BCUT2D eigenvalue weighted by atomic mass is 10.0. The number of carbonyl (C=O) groups excluding carboxylic acids is 1. The molecule has 0 aliphatic carbocycles. The SMILES string of the molecule is CCCCCCCCCCCCCC=CC(=O)C(O)C(O)CO.CC[C@H](C)[C@H](N)C(=O)O. The maximum atomic E-state index is 11.4. The van der Waals surface area contributed by atoms with Crippen LogP contribution in [0.1, 0.15) is 104 Å². The number of carboxylic acids is 1. The fourth-order valence-electron chi connectivity index (χ4n) is 3.01. The normalized spacial score (nSPS) is 15.0. The van der Waals surface area contributed by atoms with Crippen molar-refractivity contribution < 1.29 is 30.0 Å². The number of nitrogens with two attached hydrogens (primary N) is 1. The molecule has 7 heteroatoms. The molecule has 0 spiro atoms. The Hall–Kier alpha value is -1.28. The van der Waals surface area contributed by atoms with Crippen LogP contribution in [0.4, 0.5) is 0 Å². The average molecular weight is 460 g/mol. The quantitative estimate of drug-likeness (QED) is 0.145. The predicted molar refractivity (Wildman–Crippen MR) is 129 cm³/mol. The van der Waals surface area contributed by atoms with Crippen molar-refractivity contribution in [3.05, 3.63) is 12.2 Å². The Balaban J connectivity index is 0. The van der Waals surface area contributed by atoms with Gasteiger partial charge in [0, 0.05) is 0 Å². The number of rotatable bonds is 19. The first kappa shape index (κ1) is 32.9. The minimum Gasteiger partial charge on any atom is -0.480 e. The molecule has 0 aromatic rings. The summed E-state index contributed by atoms with van der Waals surface area (Å²) in [5.74, 6) is -1.39. The Kier molecular flexibility index (Phi) is 23.5. The maximum Gasteiger partial charge on any atom is 0.320 e. The van der Waals surface area contributed by atoms with Crippen LogP contribution in [0.5, 0.6) is 0 Å². The molecule has 0 rings (SSSR count). The van der Waals surface area contributed by atoms with Gasteiger partial charge in [0.25, 0.3) is 0 Å². The van der Waals surface area contributed by atoms with Crippen LogP contribution in [0.2, 0.25) is 0 Å². The van der Waals surface area contributed by atoms with E-state index in [9.17, 15) is 14.7 Å². The fourth-order valence-corrected chi connectivity index (χ4v) is 3.01. The summed E-state index contributed by atoms with van der Waals surface area (Å²) in [4.78, 5) is 21.6. The molecule has 0 amide bonds. The summed E-state index contributed by atoms with van der Waals surface area (Å²) in [7, 11) is 0. The largest absolute Gasteiger partial charge is 0.480 e. The molecule has 2 unspecified atom stereocenters. The minimum atomic E-state index is -1.52. The van der Waals surface area contributed by atoms with E-state index in [4.69, 9.17) is 21.1 Å². The summed E-state index contributed by atoms with van der Waals surface area (Å²) in [6.45, 7) is 5.39. The van der Waals surface area contributed by atoms with Gasteiger partial charge in [0.15, 0.2) is 5.78 Å². The van der Waals surface area contributed by atoms with Crippen molar-refractivity contribution in [1.82, 2.24) is 0 Å². The van der Waals surface area contributed by atoms with E-state index in [0.717, 1.165) is 25.7 Å². The smallest absolute Gasteiger partial charge is 0.320 e. The third-order valence-corrected chi connectivity index (χ3v) is 5.64. The van der Waals surface area contributed by atoms with E-state index in [-0.39, 0.29) is 5.92 Å². The van der Waals surface area contributed by atoms with Crippen LogP contribution in [0.15, 0.2) is 12.2 Å². The molecule has 0 bridgehead atoms. The molecule has 4 atom stereocenters. The molecule has 0 aromatic heterocycles. The second-order valence-electron chi connectivity index (χ2n) is 8.57. The summed E-state index contributed by atoms with van der Waals surface area (Å²) >= 11 is 0. The Bertz CT molecular complexity index is 483. The second kappa shape index (κ2) is 22.9. The van der Waals surface area contributed by atoms with Crippen LogP contribution >= 0.6 is 0 Å². The lowest BCUT2D eigenvalue weighted by Gasteiger charge is -2.11. The lowest BCUT2D eigenvalue weighted by molar-refractivity contribution is -0.139. The molecule has 0 saturated carbocycles. The Morgan fingerprint density at radius 1 is 0.875 bits per heavy atom. The number of allylic oxidation sites excluding steroid dienone is 1. The molecular weight excluding hydrogens is 410 g/mol. The van der Waals surface area contributed by atoms with E-state index in [1.165, 1.54) is 63.9 Å². The fraction of sp³-hybridized carbons (Fsp3) is 0.840. The standard InChI is InChI=1S/C19H36O4.C6H13NO2/c1-2-3-4-5-6-7-8-9-10-11-12-13-14-15-17(21)19(23)18(22)16-20;1-3-4(2)5(7)6(8)9/h14-15,18-20,22-23H,2-13,16H2,1H3;4-5H,3,7H2,1-2H3,(H,8,9)/t;4-,5-/m.0/s1. The number of aliphatic hydroxyl groups is 3. The molecule has 32 heavy (non-hydrogen) atoms. The van der Waals surface area contributed by atoms with E-state index in [2.05, 4.69) is 6.92 Å². The first-order valence-electron chi connectivity index (χ1n) is 12.4. The lowest BCUT2D eigenvalue weighted by Crippen LogP contribution is -2.36. The van der Waals surface area contributed by atoms with E-state index >= 15 is 0 Å². The highest BCUT2D eigenvalue weighted by atomic mass is 16.4. The minimum absolute atomic E-state index is 0.0718. The van der Waals surface area contributed by atoms with E-state index in [1.54, 1.807) is 6.08 Å². The van der Waals surface area contributed by atoms with Crippen molar-refractivity contribution in [3.63, 3.8) is 0 Å². The molecule has 0 aliphatic rings. The molecule has 0 fully saturated rings. The number of hydrogen-bond acceptors (Lipinski definition) is 6. The van der Waals surface area contributed by atoms with Crippen molar-refractivity contribution in [2.24, 2.45) is 11.7 Å². The van der Waals surface area contributed by atoms with Gasteiger partial charge < -0.3 is 26.2 Å². The van der Waals surface area contributed by atoms with Gasteiger partial charge >= 0.3 is 5.97 Å². The van der Waals surface area contributed by atoms with Gasteiger partial charge in [-0.15, -0.1) is 0 Å². The molecule has 190 valence electrons. The van der Waals surface area contributed by atoms with Crippen LogP contribution in [-0.2, 0) is 9.59 Å². The number of carbonyl (C=O) groups is 2. The van der Waals surface area contributed by atoms with Gasteiger partial charge in [0.05, 0.1) is 6.61 Å². The van der Waals surface area contributed by atoms with Crippen LogP contribution < -0.4 is 5.73 Å². The van der Waals surface area contributed by atoms with Gasteiger partial charge in [0.1, 0.15) is 18.2 Å². The zero-order valence-corrected chi connectivity index (χ0v) is 20.5. The van der Waals surface area contributed by atoms with Gasteiger partial charge in [-0.1, -0.05) is 97.5 Å². The van der Waals surface area contributed by atoms with Crippen molar-refractivity contribution >= 4 is 11.8 Å². The Morgan fingerprint density at radius 3 is 1.72 bits per heavy atom. The monoisotopic (exact) mass is 459 g/mol. The Labute approximate surface area is 195 Å². The predicted octanol–water partition coefficient (Wildman–Crippen LogP) is 3.97. The third-order valence-electron chi connectivity index (χ3n) is 5.64. The van der Waals surface area contributed by atoms with Gasteiger partial charge in [-0.3, -0.25) is 9.59 Å². The first-order chi connectivity index (χ1) is 15.2. The van der Waals surface area contributed by atoms with E-state index < -0.39 is 36.6 Å². The van der Waals surface area contributed by atoms with Crippen molar-refractivity contribution in [1.29, 1.82) is 0 Å². The van der Waals surface area contributed by atoms with Crippen LogP contribution in [-0.4, -0.2) is 57.0 Å². The number of unbranched alkanes of at least 4 members (excludes halogenated alkanes) is 11. The van der Waals surface area contributed by atoms with Crippen LogP contribution in [0.25, 0.3) is 0 Å². The van der Waals surface area contributed by atoms with Crippen LogP contribution in [0, 0.1) is 5.92 Å². The number of aliphatic carboxylic acids is 1. The summed E-state index contributed by atoms with van der Waals surface area (Å²) in [6, 6.07) is -0.699. The zero-order chi connectivity index (χ0) is 24.8. The highest BCUT2D eigenvalue weighted by Gasteiger charge is 2.20. The van der Waals surface area contributed by atoms with Gasteiger partial charge in [-0.25, -0.2) is 0 Å². The van der Waals surface area contributed by atoms with E-state index in [1.807, 2.05) is 13.8 Å². The van der Waals surface area contributed by atoms with Gasteiger partial charge in [-0.2, -0.15) is 0 Å². The topological polar surface area (TPSA) is 141 Å². The zero-order valence-electron chi connectivity index (χ0n) is 20.5. The molecule has 0 radical (unpaired) electrons. The highest BCUT2D eigenvalue weighted by Crippen LogP contribution is 2.12. The van der Waals surface area contributed by atoms with Gasteiger partial charge in [-0.05, 0) is 24.8 Å². The second-order valence-corrected chi connectivity index (χ2v) is 8.57. The summed E-state index contributed by atoms with van der Waals surface area (Å²) in [5.41, 5.74) is 5.27. The number of ketones is 1. The summed E-state index contributed by atoms with van der Waals surface area (Å²) in [5, 5.41) is 35.5. The molecule has 6 N–H and O–H groups in total. The highest BCUT2D eigenvalue weighted by molar-refractivity contribution is 5.93. The third kappa shape index (κ3) is 19.4. The average Bonchev–Trinajstić information content (AvgIpc) is 2.79. The van der Waals surface area contributed by atoms with Gasteiger partial charge in [0.2, 0.25) is 0 Å². The summed E-state index contributed by atoms with van der Waals surface area (Å²) < 4.78 is 0. The van der Waals surface area contributed by atoms with Crippen molar-refractivity contribution in [2.45, 2.75) is 122 Å². The molecule has 7 nitrogen and oxygen atoms in total. The number of aliphatic hydroxyl groups excluding tert-OH is 3. The maximum absolute atomic E-state index is 11.4. The van der Waals surface area contributed by atoms with Crippen LogP contribution in [0.3, 0.4) is 0 Å². The number of carboxylic acid groups (broad SMARTS) is 1. The Morgan fingerprint density at radius 2 is 1.34 bits per heavy atom. The molecule has 0 heterocycles. The van der Waals surface area contributed by atoms with Crippen molar-refractivity contribution in [2.75, 3.05) is 6.61 Å². The molecule has 0 saturated heterocycles. The van der Waals surface area contributed by atoms with Crippen molar-refractivity contribution in [3.8, 4) is 0 Å². The molecular formula is C25H49NO6.